The van der Waals surface area contributed by atoms with Crippen LogP contribution in [-0.4, -0.2) is 5.97 Å². The van der Waals surface area contributed by atoms with Crippen molar-refractivity contribution in [2.24, 2.45) is 5.92 Å². The first-order valence-corrected chi connectivity index (χ1v) is 5.13. The molecule has 1 aliphatic rings. The number of ether oxygens (including phenoxy) is 1. The number of hydrogen-bond acceptors (Lipinski definition) is 3. The van der Waals surface area contributed by atoms with Crippen molar-refractivity contribution in [1.29, 1.82) is 5.26 Å². The highest BCUT2D eigenvalue weighted by Crippen LogP contribution is 2.26. The maximum atomic E-state index is 11.2. The van der Waals surface area contributed by atoms with E-state index in [-0.39, 0.29) is 5.57 Å². The summed E-state index contributed by atoms with van der Waals surface area (Å²) >= 11 is 0. The molecule has 0 aromatic rings. The molecule has 0 spiro atoms. The van der Waals surface area contributed by atoms with Crippen molar-refractivity contribution in [3.63, 3.8) is 0 Å². The minimum absolute atomic E-state index is 0.158. The highest BCUT2D eigenvalue weighted by Gasteiger charge is 2.14. The average Bonchev–Trinajstić information content (AvgIpc) is 2.68. The van der Waals surface area contributed by atoms with E-state index in [4.69, 9.17) is 10.00 Å². The van der Waals surface area contributed by atoms with Crippen LogP contribution in [0.25, 0.3) is 0 Å². The van der Waals surface area contributed by atoms with Crippen LogP contribution in [0, 0.1) is 17.2 Å². The molecule has 15 heavy (non-hydrogen) atoms. The maximum Gasteiger partial charge on any atom is 0.353 e. The fourth-order valence-electron chi connectivity index (χ4n) is 1.74. The molecule has 0 atom stereocenters. The number of rotatable bonds is 3. The summed E-state index contributed by atoms with van der Waals surface area (Å²) in [6.45, 7) is 5.03. The minimum atomic E-state index is -0.649. The Morgan fingerprint density at radius 1 is 1.53 bits per heavy atom. The SMILES string of the molecule is C=C(C#N)C(=O)OC(C)=CC1CCCC1. The Bertz CT molecular complexity index is 330. The summed E-state index contributed by atoms with van der Waals surface area (Å²) in [5.74, 6) is 0.445. The molecule has 3 nitrogen and oxygen atoms in total. The summed E-state index contributed by atoms with van der Waals surface area (Å²) in [7, 11) is 0. The first-order valence-electron chi connectivity index (χ1n) is 5.13. The van der Waals surface area contributed by atoms with Crippen LogP contribution in [0.1, 0.15) is 32.6 Å². The predicted molar refractivity (Wildman–Crippen MR) is 56.6 cm³/mol. The average molecular weight is 205 g/mol. The first-order chi connectivity index (χ1) is 7.13. The third kappa shape index (κ3) is 3.59. The van der Waals surface area contributed by atoms with E-state index >= 15 is 0 Å². The van der Waals surface area contributed by atoms with E-state index in [1.165, 1.54) is 12.8 Å². The van der Waals surface area contributed by atoms with Crippen LogP contribution in [0.4, 0.5) is 0 Å². The quantitative estimate of drug-likeness (QED) is 0.308. The van der Waals surface area contributed by atoms with Gasteiger partial charge in [0.05, 0.1) is 0 Å². The van der Waals surface area contributed by atoms with E-state index < -0.39 is 5.97 Å². The van der Waals surface area contributed by atoms with Crippen LogP contribution < -0.4 is 0 Å². The second-order valence-electron chi connectivity index (χ2n) is 3.80. The largest absolute Gasteiger partial charge is 0.428 e. The van der Waals surface area contributed by atoms with Crippen molar-refractivity contribution in [3.05, 3.63) is 24.0 Å². The van der Waals surface area contributed by atoms with E-state index in [2.05, 4.69) is 6.58 Å². The first kappa shape index (κ1) is 11.5. The van der Waals surface area contributed by atoms with Gasteiger partial charge in [0.1, 0.15) is 17.4 Å². The Labute approximate surface area is 90.0 Å². The Kier molecular flexibility index (Phi) is 4.11. The third-order valence-electron chi connectivity index (χ3n) is 2.51. The molecule has 0 amide bonds. The Balaban J connectivity index is 2.47. The van der Waals surface area contributed by atoms with Gasteiger partial charge >= 0.3 is 5.97 Å². The lowest BCUT2D eigenvalue weighted by molar-refractivity contribution is -0.134. The minimum Gasteiger partial charge on any atom is -0.428 e. The highest BCUT2D eigenvalue weighted by molar-refractivity contribution is 5.92. The van der Waals surface area contributed by atoms with Gasteiger partial charge in [-0.3, -0.25) is 0 Å². The van der Waals surface area contributed by atoms with E-state index in [0.29, 0.717) is 11.7 Å². The molecule has 1 fully saturated rings. The van der Waals surface area contributed by atoms with Crippen LogP contribution in [0.5, 0.6) is 0 Å². The van der Waals surface area contributed by atoms with Crippen molar-refractivity contribution in [2.75, 3.05) is 0 Å². The van der Waals surface area contributed by atoms with Gasteiger partial charge in [-0.15, -0.1) is 0 Å². The van der Waals surface area contributed by atoms with Gasteiger partial charge in [0.15, 0.2) is 0 Å². The van der Waals surface area contributed by atoms with Gasteiger partial charge in [-0.1, -0.05) is 19.4 Å². The second-order valence-corrected chi connectivity index (χ2v) is 3.80. The zero-order valence-corrected chi connectivity index (χ0v) is 8.95. The van der Waals surface area contributed by atoms with Gasteiger partial charge in [-0.25, -0.2) is 4.79 Å². The summed E-state index contributed by atoms with van der Waals surface area (Å²) in [5, 5.41) is 8.43. The highest BCUT2D eigenvalue weighted by atomic mass is 16.5. The Morgan fingerprint density at radius 2 is 2.13 bits per heavy atom. The van der Waals surface area contributed by atoms with E-state index in [9.17, 15) is 4.79 Å². The lowest BCUT2D eigenvalue weighted by Crippen LogP contribution is -2.05. The van der Waals surface area contributed by atoms with Gasteiger partial charge in [0, 0.05) is 0 Å². The Morgan fingerprint density at radius 3 is 2.67 bits per heavy atom. The van der Waals surface area contributed by atoms with Crippen molar-refractivity contribution in [2.45, 2.75) is 32.6 Å². The number of hydrogen-bond donors (Lipinski definition) is 0. The topological polar surface area (TPSA) is 50.1 Å². The molecule has 0 aliphatic heterocycles. The smallest absolute Gasteiger partial charge is 0.353 e. The fourth-order valence-corrected chi connectivity index (χ4v) is 1.74. The second kappa shape index (κ2) is 5.35. The number of nitrogens with zero attached hydrogens (tertiary/aromatic N) is 1. The van der Waals surface area contributed by atoms with Gasteiger partial charge in [-0.05, 0) is 31.8 Å². The molecule has 0 radical (unpaired) electrons. The summed E-state index contributed by atoms with van der Waals surface area (Å²) in [6.07, 6.45) is 6.78. The maximum absolute atomic E-state index is 11.2. The standard InChI is InChI=1S/C12H15NO2/c1-9(8-13)12(14)15-10(2)7-11-5-3-4-6-11/h7,11H,1,3-6H2,2H3. The summed E-state index contributed by atoms with van der Waals surface area (Å²) < 4.78 is 4.97. The zero-order chi connectivity index (χ0) is 11.3. The van der Waals surface area contributed by atoms with Crippen LogP contribution in [-0.2, 0) is 9.53 Å². The molecule has 3 heteroatoms. The predicted octanol–water partition coefficient (Wildman–Crippen LogP) is 2.70. The van der Waals surface area contributed by atoms with E-state index in [1.54, 1.807) is 13.0 Å². The molecule has 0 heterocycles. The number of carbonyl (C=O) groups excluding carboxylic acids is 1. The third-order valence-corrected chi connectivity index (χ3v) is 2.51. The zero-order valence-electron chi connectivity index (χ0n) is 8.95. The molecule has 0 bridgehead atoms. The molecule has 1 aliphatic carbocycles. The Hall–Kier alpha value is -1.56. The van der Waals surface area contributed by atoms with Crippen LogP contribution in [0.15, 0.2) is 24.0 Å². The van der Waals surface area contributed by atoms with Gasteiger partial charge in [0.2, 0.25) is 0 Å². The van der Waals surface area contributed by atoms with Gasteiger partial charge < -0.3 is 4.74 Å². The summed E-state index contributed by atoms with van der Waals surface area (Å²) in [6, 6.07) is 1.67. The van der Waals surface area contributed by atoms with Gasteiger partial charge in [0.25, 0.3) is 0 Å². The van der Waals surface area contributed by atoms with Crippen molar-refractivity contribution in [3.8, 4) is 6.07 Å². The van der Waals surface area contributed by atoms with Crippen molar-refractivity contribution >= 4 is 5.97 Å². The van der Waals surface area contributed by atoms with Gasteiger partial charge in [-0.2, -0.15) is 5.26 Å². The fraction of sp³-hybridized carbons (Fsp3) is 0.500. The lowest BCUT2D eigenvalue weighted by Gasteiger charge is -2.06. The van der Waals surface area contributed by atoms with Crippen molar-refractivity contribution in [1.82, 2.24) is 0 Å². The van der Waals surface area contributed by atoms with E-state index in [1.807, 2.05) is 6.08 Å². The molecule has 0 aromatic heterocycles. The number of carbonyl (C=O) groups is 1. The monoisotopic (exact) mass is 205 g/mol. The number of nitriles is 1. The van der Waals surface area contributed by atoms with Crippen LogP contribution in [0.3, 0.4) is 0 Å². The summed E-state index contributed by atoms with van der Waals surface area (Å²) in [5.41, 5.74) is -0.158. The number of esters is 1. The van der Waals surface area contributed by atoms with Crippen LogP contribution in [0.2, 0.25) is 0 Å². The molecule has 0 unspecified atom stereocenters. The normalized spacial score (nSPS) is 17.2. The van der Waals surface area contributed by atoms with Crippen LogP contribution >= 0.6 is 0 Å². The molecular formula is C12H15NO2. The van der Waals surface area contributed by atoms with Crippen molar-refractivity contribution < 1.29 is 9.53 Å². The molecule has 0 aromatic carbocycles. The molecule has 1 rings (SSSR count). The lowest BCUT2D eigenvalue weighted by atomic mass is 10.1. The molecule has 80 valence electrons. The molecular weight excluding hydrogens is 190 g/mol. The molecule has 1 saturated carbocycles. The molecule has 0 saturated heterocycles. The summed E-state index contributed by atoms with van der Waals surface area (Å²) in [4.78, 5) is 11.2. The van der Waals surface area contributed by atoms with E-state index in [0.717, 1.165) is 12.8 Å². The molecule has 0 N–H and O–H groups in total. The number of allylic oxidation sites excluding steroid dienone is 2.